The van der Waals surface area contributed by atoms with Crippen LogP contribution in [-0.4, -0.2) is 27.8 Å². The van der Waals surface area contributed by atoms with Gasteiger partial charge in [-0.1, -0.05) is 26.0 Å². The van der Waals surface area contributed by atoms with Gasteiger partial charge in [-0.05, 0) is 18.1 Å². The molecule has 2 N–H and O–H groups in total. The van der Waals surface area contributed by atoms with E-state index in [4.69, 9.17) is 0 Å². The standard InChI is InChI=1S/C19H22F2N4O2S/c1-11(2)16-8-6-13-17(28(27,22-3)24-16)10-25(4)18(13)19(26)23-12-5-7-14(20)15(21)9-12/h5-11,16H,1-4H3,(H,23,26)(H,22,24,27). The van der Waals surface area contributed by atoms with Crippen molar-refractivity contribution >= 4 is 27.6 Å². The molecule has 2 aromatic rings. The summed E-state index contributed by atoms with van der Waals surface area (Å²) in [7, 11) is 0.183. The Kier molecular flexibility index (Phi) is 5.40. The van der Waals surface area contributed by atoms with Crippen LogP contribution in [0.15, 0.2) is 39.7 Å². The van der Waals surface area contributed by atoms with Crippen molar-refractivity contribution in [1.29, 1.82) is 0 Å². The highest BCUT2D eigenvalue weighted by Crippen LogP contribution is 2.29. The van der Waals surface area contributed by atoms with E-state index in [1.54, 1.807) is 23.9 Å². The Morgan fingerprint density at radius 2 is 2.04 bits per heavy atom. The molecule has 1 amide bonds. The monoisotopic (exact) mass is 408 g/mol. The van der Waals surface area contributed by atoms with Crippen molar-refractivity contribution in [3.8, 4) is 0 Å². The van der Waals surface area contributed by atoms with E-state index in [2.05, 4.69) is 14.4 Å². The lowest BCUT2D eigenvalue weighted by Gasteiger charge is -2.19. The summed E-state index contributed by atoms with van der Waals surface area (Å²) in [6.07, 6.45) is 5.21. The molecule has 0 saturated heterocycles. The molecule has 6 nitrogen and oxygen atoms in total. The van der Waals surface area contributed by atoms with Crippen LogP contribution in [0.3, 0.4) is 0 Å². The number of carbonyl (C=O) groups is 1. The van der Waals surface area contributed by atoms with E-state index < -0.39 is 27.5 Å². The maximum Gasteiger partial charge on any atom is 0.272 e. The molecule has 1 aromatic heterocycles. The lowest BCUT2D eigenvalue weighted by atomic mass is 10.0. The first-order valence-electron chi connectivity index (χ1n) is 8.72. The van der Waals surface area contributed by atoms with Crippen LogP contribution in [0.25, 0.3) is 6.08 Å². The largest absolute Gasteiger partial charge is 0.345 e. The molecule has 0 bridgehead atoms. The van der Waals surface area contributed by atoms with Crippen molar-refractivity contribution in [1.82, 2.24) is 9.29 Å². The van der Waals surface area contributed by atoms with Gasteiger partial charge in [-0.15, -0.1) is 0 Å². The van der Waals surface area contributed by atoms with Gasteiger partial charge in [0.05, 0.1) is 4.90 Å². The molecule has 1 aromatic carbocycles. The van der Waals surface area contributed by atoms with Gasteiger partial charge in [-0.25, -0.2) is 22.1 Å². The summed E-state index contributed by atoms with van der Waals surface area (Å²) in [5, 5.41) is 2.56. The number of amides is 1. The summed E-state index contributed by atoms with van der Waals surface area (Å²) in [5.74, 6) is -2.42. The molecule has 1 aliphatic heterocycles. The Bertz CT molecular complexity index is 1080. The number of halogens is 2. The third-order valence-electron chi connectivity index (χ3n) is 4.62. The van der Waals surface area contributed by atoms with E-state index in [1.807, 2.05) is 19.9 Å². The minimum absolute atomic E-state index is 0.121. The van der Waals surface area contributed by atoms with Crippen molar-refractivity contribution in [3.63, 3.8) is 0 Å². The van der Waals surface area contributed by atoms with Gasteiger partial charge in [0.25, 0.3) is 5.91 Å². The molecule has 2 heterocycles. The molecule has 0 spiro atoms. The second kappa shape index (κ2) is 7.48. The molecular weight excluding hydrogens is 386 g/mol. The minimum atomic E-state index is -2.94. The van der Waals surface area contributed by atoms with Crippen LogP contribution in [0.4, 0.5) is 14.5 Å². The fraction of sp³-hybridized carbons (Fsp3) is 0.316. The van der Waals surface area contributed by atoms with Crippen molar-refractivity contribution in [2.24, 2.45) is 17.3 Å². The normalized spacial score (nSPS) is 21.3. The average molecular weight is 408 g/mol. The second-order valence-electron chi connectivity index (χ2n) is 6.90. The van der Waals surface area contributed by atoms with Crippen LogP contribution in [0.1, 0.15) is 29.9 Å². The van der Waals surface area contributed by atoms with Gasteiger partial charge in [0.2, 0.25) is 0 Å². The van der Waals surface area contributed by atoms with Gasteiger partial charge < -0.3 is 9.88 Å². The van der Waals surface area contributed by atoms with Crippen molar-refractivity contribution in [3.05, 3.63) is 53.4 Å². The fourth-order valence-electron chi connectivity index (χ4n) is 3.04. The summed E-state index contributed by atoms with van der Waals surface area (Å²) >= 11 is 0. The maximum atomic E-state index is 13.4. The minimum Gasteiger partial charge on any atom is -0.345 e. The summed E-state index contributed by atoms with van der Waals surface area (Å²) in [6, 6.07) is 2.94. The Balaban J connectivity index is 2.07. The van der Waals surface area contributed by atoms with E-state index >= 15 is 0 Å². The van der Waals surface area contributed by atoms with Crippen molar-refractivity contribution in [2.75, 3.05) is 12.4 Å². The molecule has 0 radical (unpaired) electrons. The number of nitrogens with zero attached hydrogens (tertiary/aromatic N) is 2. The van der Waals surface area contributed by atoms with Crippen LogP contribution in [0, 0.1) is 17.6 Å². The Morgan fingerprint density at radius 3 is 2.64 bits per heavy atom. The third-order valence-corrected chi connectivity index (χ3v) is 6.64. The molecule has 2 atom stereocenters. The van der Waals surface area contributed by atoms with E-state index in [0.29, 0.717) is 10.5 Å². The number of anilines is 1. The number of benzene rings is 1. The van der Waals surface area contributed by atoms with E-state index in [9.17, 15) is 17.8 Å². The molecule has 28 heavy (non-hydrogen) atoms. The summed E-state index contributed by atoms with van der Waals surface area (Å²) in [4.78, 5) is 13.3. The Labute approximate surface area is 163 Å². The Hall–Kier alpha value is -2.52. The zero-order valence-corrected chi connectivity index (χ0v) is 16.8. The molecule has 0 aliphatic carbocycles. The van der Waals surface area contributed by atoms with Crippen LogP contribution in [0.2, 0.25) is 0 Å². The van der Waals surface area contributed by atoms with Crippen LogP contribution in [-0.2, 0) is 17.0 Å². The third kappa shape index (κ3) is 3.59. The van der Waals surface area contributed by atoms with E-state index in [1.165, 1.54) is 13.1 Å². The highest BCUT2D eigenvalue weighted by Gasteiger charge is 2.29. The molecule has 0 fully saturated rings. The SMILES string of the molecule is CN=S1(=O)NC(C(C)C)C=Cc2c1cn(C)c2C(=O)Nc1ccc(F)c(F)c1. The Morgan fingerprint density at radius 1 is 1.32 bits per heavy atom. The molecule has 1 aliphatic rings. The lowest BCUT2D eigenvalue weighted by Crippen LogP contribution is -2.36. The number of aryl methyl sites for hydroxylation is 1. The highest BCUT2D eigenvalue weighted by atomic mass is 32.2. The average Bonchev–Trinajstić information content (AvgIpc) is 2.90. The van der Waals surface area contributed by atoms with Crippen LogP contribution in [0.5, 0.6) is 0 Å². The van der Waals surface area contributed by atoms with Gasteiger partial charge in [0.1, 0.15) is 15.6 Å². The smallest absolute Gasteiger partial charge is 0.272 e. The predicted molar refractivity (Wildman–Crippen MR) is 105 cm³/mol. The summed E-state index contributed by atoms with van der Waals surface area (Å²) in [5.41, 5.74) is 0.850. The zero-order valence-electron chi connectivity index (χ0n) is 16.0. The maximum absolute atomic E-state index is 13.4. The number of hydrogen-bond donors (Lipinski definition) is 2. The van der Waals surface area contributed by atoms with Gasteiger partial charge in [0, 0.05) is 43.7 Å². The van der Waals surface area contributed by atoms with E-state index in [-0.39, 0.29) is 23.3 Å². The lowest BCUT2D eigenvalue weighted by molar-refractivity contribution is 0.101. The topological polar surface area (TPSA) is 75.5 Å². The first-order valence-corrected chi connectivity index (χ1v) is 10.2. The summed E-state index contributed by atoms with van der Waals surface area (Å²) < 4.78 is 48.7. The predicted octanol–water partition coefficient (Wildman–Crippen LogP) is 3.57. The quantitative estimate of drug-likeness (QED) is 0.815. The first kappa shape index (κ1) is 20.2. The second-order valence-corrected chi connectivity index (χ2v) is 9.00. The van der Waals surface area contributed by atoms with Crippen molar-refractivity contribution in [2.45, 2.75) is 24.8 Å². The molecule has 150 valence electrons. The van der Waals surface area contributed by atoms with Crippen molar-refractivity contribution < 1.29 is 17.8 Å². The van der Waals surface area contributed by atoms with Gasteiger partial charge in [0.15, 0.2) is 11.6 Å². The number of carbonyl (C=O) groups excluding carboxylic acids is 1. The number of aromatic nitrogens is 1. The molecule has 9 heteroatoms. The number of nitrogens with one attached hydrogen (secondary N) is 2. The van der Waals surface area contributed by atoms with Gasteiger partial charge >= 0.3 is 0 Å². The van der Waals surface area contributed by atoms with Crippen LogP contribution < -0.4 is 10.0 Å². The number of hydrogen-bond acceptors (Lipinski definition) is 3. The van der Waals surface area contributed by atoms with Crippen LogP contribution >= 0.6 is 0 Å². The van der Waals surface area contributed by atoms with Gasteiger partial charge in [-0.2, -0.15) is 0 Å². The molecule has 0 saturated carbocycles. The molecular formula is C19H22F2N4O2S. The highest BCUT2D eigenvalue weighted by molar-refractivity contribution is 7.91. The first-order chi connectivity index (χ1) is 13.2. The number of rotatable bonds is 3. The summed E-state index contributed by atoms with van der Waals surface area (Å²) in [6.45, 7) is 3.98. The molecule has 2 unspecified atom stereocenters. The molecule has 3 rings (SSSR count). The van der Waals surface area contributed by atoms with E-state index in [0.717, 1.165) is 12.1 Å². The zero-order chi connectivity index (χ0) is 20.6. The van der Waals surface area contributed by atoms with Gasteiger partial charge in [-0.3, -0.25) is 4.79 Å². The number of fused-ring (bicyclic) bond motifs is 1. The fourth-order valence-corrected chi connectivity index (χ4v) is 4.95.